The SMILES string of the molecule is CN=C(NCCCC(=O)Nc1ccc(Cl)cc1)NCCCn1cccn1.I. The van der Waals surface area contributed by atoms with Gasteiger partial charge in [0.2, 0.25) is 5.91 Å². The fraction of sp³-hybridized carbons (Fsp3) is 0.389. The predicted molar refractivity (Wildman–Crippen MR) is 121 cm³/mol. The Morgan fingerprint density at radius 1 is 1.19 bits per heavy atom. The van der Waals surface area contributed by atoms with Crippen LogP contribution in [0.1, 0.15) is 19.3 Å². The standard InChI is InChI=1S/C18H25ClN6O.HI/c1-20-18(22-11-3-13-25-14-4-12-23-25)21-10-2-5-17(26)24-16-8-6-15(19)7-9-16;/h4,6-9,12,14H,2-3,5,10-11,13H2,1H3,(H,24,26)(H2,20,21,22);1H. The molecular formula is C18H26ClIN6O. The maximum absolute atomic E-state index is 11.9. The Kier molecular flexibility index (Phi) is 11.5. The lowest BCUT2D eigenvalue weighted by molar-refractivity contribution is -0.116. The van der Waals surface area contributed by atoms with Gasteiger partial charge >= 0.3 is 0 Å². The molecule has 0 spiro atoms. The van der Waals surface area contributed by atoms with E-state index in [-0.39, 0.29) is 29.9 Å². The first kappa shape index (κ1) is 23.2. The third-order valence-electron chi connectivity index (χ3n) is 3.64. The molecule has 148 valence electrons. The van der Waals surface area contributed by atoms with Gasteiger partial charge in [-0.25, -0.2) is 0 Å². The van der Waals surface area contributed by atoms with Gasteiger partial charge in [0.05, 0.1) is 0 Å². The van der Waals surface area contributed by atoms with E-state index in [2.05, 4.69) is 26.0 Å². The van der Waals surface area contributed by atoms with Crippen LogP contribution in [-0.4, -0.2) is 41.8 Å². The number of rotatable bonds is 9. The average Bonchev–Trinajstić information content (AvgIpc) is 3.16. The number of benzene rings is 1. The van der Waals surface area contributed by atoms with Crippen molar-refractivity contribution >= 4 is 53.1 Å². The summed E-state index contributed by atoms with van der Waals surface area (Å²) in [4.78, 5) is 16.1. The lowest BCUT2D eigenvalue weighted by Gasteiger charge is -2.12. The zero-order valence-corrected chi connectivity index (χ0v) is 18.4. The minimum atomic E-state index is -0.0173. The number of amides is 1. The van der Waals surface area contributed by atoms with Gasteiger partial charge in [0.25, 0.3) is 0 Å². The molecule has 1 aromatic carbocycles. The van der Waals surface area contributed by atoms with Crippen LogP contribution in [-0.2, 0) is 11.3 Å². The molecule has 7 nitrogen and oxygen atoms in total. The first-order valence-corrected chi connectivity index (χ1v) is 9.02. The maximum atomic E-state index is 11.9. The van der Waals surface area contributed by atoms with Crippen LogP contribution in [0.3, 0.4) is 0 Å². The summed E-state index contributed by atoms with van der Waals surface area (Å²) in [6, 6.07) is 8.99. The minimum Gasteiger partial charge on any atom is -0.356 e. The van der Waals surface area contributed by atoms with Crippen molar-refractivity contribution in [3.05, 3.63) is 47.7 Å². The second-order valence-electron chi connectivity index (χ2n) is 5.71. The highest BCUT2D eigenvalue weighted by Crippen LogP contribution is 2.13. The summed E-state index contributed by atoms with van der Waals surface area (Å²) < 4.78 is 1.90. The zero-order valence-electron chi connectivity index (χ0n) is 15.3. The summed E-state index contributed by atoms with van der Waals surface area (Å²) in [5, 5.41) is 14.1. The molecule has 0 aliphatic carbocycles. The zero-order chi connectivity index (χ0) is 18.6. The first-order valence-electron chi connectivity index (χ1n) is 8.65. The normalized spacial score (nSPS) is 10.8. The van der Waals surface area contributed by atoms with Crippen molar-refractivity contribution in [2.24, 2.45) is 4.99 Å². The molecule has 0 saturated carbocycles. The molecule has 2 rings (SSSR count). The Morgan fingerprint density at radius 2 is 1.89 bits per heavy atom. The highest BCUT2D eigenvalue weighted by Gasteiger charge is 2.03. The van der Waals surface area contributed by atoms with Gasteiger partial charge < -0.3 is 16.0 Å². The summed E-state index contributed by atoms with van der Waals surface area (Å²) in [7, 11) is 1.73. The number of carbonyl (C=O) groups excluding carboxylic acids is 1. The second-order valence-corrected chi connectivity index (χ2v) is 6.14. The molecular weight excluding hydrogens is 479 g/mol. The number of aromatic nitrogens is 2. The van der Waals surface area contributed by atoms with Gasteiger partial charge in [0.15, 0.2) is 5.96 Å². The third kappa shape index (κ3) is 9.62. The molecule has 0 saturated heterocycles. The quantitative estimate of drug-likeness (QED) is 0.212. The summed E-state index contributed by atoms with van der Waals surface area (Å²) in [6.45, 7) is 2.34. The van der Waals surface area contributed by atoms with Crippen LogP contribution in [0, 0.1) is 0 Å². The highest BCUT2D eigenvalue weighted by atomic mass is 127. The number of nitrogens with one attached hydrogen (secondary N) is 3. The minimum absolute atomic E-state index is 0. The Labute approximate surface area is 182 Å². The number of halogens is 2. The van der Waals surface area contributed by atoms with Gasteiger partial charge in [-0.1, -0.05) is 11.6 Å². The van der Waals surface area contributed by atoms with E-state index < -0.39 is 0 Å². The Balaban J connectivity index is 0.00000364. The Morgan fingerprint density at radius 3 is 2.52 bits per heavy atom. The molecule has 1 aromatic heterocycles. The molecule has 3 N–H and O–H groups in total. The summed E-state index contributed by atoms with van der Waals surface area (Å²) in [5.41, 5.74) is 0.752. The molecule has 0 aliphatic heterocycles. The van der Waals surface area contributed by atoms with Gasteiger partial charge in [0.1, 0.15) is 0 Å². The Hall–Kier alpha value is -1.81. The number of hydrogen-bond donors (Lipinski definition) is 3. The van der Waals surface area contributed by atoms with Crippen molar-refractivity contribution in [3.8, 4) is 0 Å². The number of aryl methyl sites for hydroxylation is 1. The van der Waals surface area contributed by atoms with Crippen LogP contribution in [0.4, 0.5) is 5.69 Å². The van der Waals surface area contributed by atoms with Crippen LogP contribution >= 0.6 is 35.6 Å². The third-order valence-corrected chi connectivity index (χ3v) is 3.89. The average molecular weight is 505 g/mol. The molecule has 0 fully saturated rings. The summed E-state index contributed by atoms with van der Waals surface area (Å²) in [6.07, 6.45) is 5.82. The molecule has 0 unspecified atom stereocenters. The van der Waals surface area contributed by atoms with Gasteiger partial charge in [-0.15, -0.1) is 24.0 Å². The smallest absolute Gasteiger partial charge is 0.224 e. The number of hydrogen-bond acceptors (Lipinski definition) is 3. The van der Waals surface area contributed by atoms with Crippen molar-refractivity contribution < 1.29 is 4.79 Å². The number of guanidine groups is 1. The van der Waals surface area contributed by atoms with Gasteiger partial charge in [0, 0.05) is 56.2 Å². The van der Waals surface area contributed by atoms with Crippen molar-refractivity contribution in [2.45, 2.75) is 25.8 Å². The molecule has 9 heteroatoms. The van der Waals surface area contributed by atoms with E-state index in [4.69, 9.17) is 11.6 Å². The van der Waals surface area contributed by atoms with Gasteiger partial charge in [-0.2, -0.15) is 5.10 Å². The van der Waals surface area contributed by atoms with Crippen molar-refractivity contribution in [1.29, 1.82) is 0 Å². The van der Waals surface area contributed by atoms with E-state index in [0.29, 0.717) is 24.4 Å². The molecule has 1 amide bonds. The topological polar surface area (TPSA) is 83.3 Å². The lowest BCUT2D eigenvalue weighted by Crippen LogP contribution is -2.38. The van der Waals surface area contributed by atoms with Crippen molar-refractivity contribution in [3.63, 3.8) is 0 Å². The molecule has 27 heavy (non-hydrogen) atoms. The largest absolute Gasteiger partial charge is 0.356 e. The molecule has 1 heterocycles. The van der Waals surface area contributed by atoms with E-state index >= 15 is 0 Å². The molecule has 2 aromatic rings. The van der Waals surface area contributed by atoms with E-state index in [0.717, 1.165) is 31.2 Å². The van der Waals surface area contributed by atoms with Crippen LogP contribution < -0.4 is 16.0 Å². The van der Waals surface area contributed by atoms with Crippen molar-refractivity contribution in [2.75, 3.05) is 25.5 Å². The van der Waals surface area contributed by atoms with Crippen LogP contribution in [0.2, 0.25) is 5.02 Å². The number of carbonyl (C=O) groups is 1. The monoisotopic (exact) mass is 504 g/mol. The molecule has 0 atom stereocenters. The van der Waals surface area contributed by atoms with Gasteiger partial charge in [-0.05, 0) is 43.2 Å². The summed E-state index contributed by atoms with van der Waals surface area (Å²) >= 11 is 5.82. The second kappa shape index (κ2) is 13.4. The van der Waals surface area contributed by atoms with E-state index in [9.17, 15) is 4.79 Å². The number of anilines is 1. The molecule has 0 bridgehead atoms. The van der Waals surface area contributed by atoms with Crippen LogP contribution in [0.5, 0.6) is 0 Å². The number of nitrogens with zero attached hydrogens (tertiary/aromatic N) is 3. The predicted octanol–water partition coefficient (Wildman–Crippen LogP) is 3.13. The van der Waals surface area contributed by atoms with E-state index in [1.807, 2.05) is 16.9 Å². The van der Waals surface area contributed by atoms with Crippen LogP contribution in [0.15, 0.2) is 47.7 Å². The van der Waals surface area contributed by atoms with Crippen molar-refractivity contribution in [1.82, 2.24) is 20.4 Å². The lowest BCUT2D eigenvalue weighted by atomic mass is 10.2. The van der Waals surface area contributed by atoms with Gasteiger partial charge in [-0.3, -0.25) is 14.5 Å². The highest BCUT2D eigenvalue weighted by molar-refractivity contribution is 14.0. The maximum Gasteiger partial charge on any atom is 0.224 e. The molecule has 0 aliphatic rings. The first-order chi connectivity index (χ1) is 12.7. The fourth-order valence-electron chi connectivity index (χ4n) is 2.31. The molecule has 0 radical (unpaired) electrons. The Bertz CT molecular complexity index is 690. The summed E-state index contributed by atoms with van der Waals surface area (Å²) in [5.74, 6) is 0.722. The van der Waals surface area contributed by atoms with Crippen LogP contribution in [0.25, 0.3) is 0 Å². The fourth-order valence-corrected chi connectivity index (χ4v) is 2.44. The van der Waals surface area contributed by atoms with E-state index in [1.165, 1.54) is 0 Å². The van der Waals surface area contributed by atoms with E-state index in [1.54, 1.807) is 37.5 Å². The number of aliphatic imine (C=N–C) groups is 1.